The molecule has 2 aromatic carbocycles. The van der Waals surface area contributed by atoms with Gasteiger partial charge in [0.15, 0.2) is 0 Å². The third-order valence-electron chi connectivity index (χ3n) is 7.87. The molecule has 0 N–H and O–H groups in total. The van der Waals surface area contributed by atoms with E-state index in [0.717, 1.165) is 48.1 Å². The van der Waals surface area contributed by atoms with Gasteiger partial charge >= 0.3 is 0 Å². The van der Waals surface area contributed by atoms with E-state index < -0.39 is 18.1 Å². The van der Waals surface area contributed by atoms with Crippen LogP contribution in [0.1, 0.15) is 49.7 Å². The first-order chi connectivity index (χ1) is 18.0. The molecule has 3 aromatic rings. The lowest BCUT2D eigenvalue weighted by molar-refractivity contribution is 0.320. The highest BCUT2D eigenvalue weighted by atomic mass is 32.2. The summed E-state index contributed by atoms with van der Waals surface area (Å²) >= 11 is 0. The summed E-state index contributed by atoms with van der Waals surface area (Å²) < 4.78 is 28.9. The highest BCUT2D eigenvalue weighted by Crippen LogP contribution is 2.39. The van der Waals surface area contributed by atoms with Gasteiger partial charge in [-0.2, -0.15) is 5.26 Å². The Bertz CT molecular complexity index is 1400. The predicted octanol–water partition coefficient (Wildman–Crippen LogP) is 6.93. The summed E-state index contributed by atoms with van der Waals surface area (Å²) in [6.07, 6.45) is 6.16. The van der Waals surface area contributed by atoms with Crippen molar-refractivity contribution < 1.29 is 8.42 Å². The molecule has 1 aromatic heterocycles. The molecular weight excluding hydrogens is 509 g/mol. The molecular formula is C30H42N4O2SSi. The van der Waals surface area contributed by atoms with Gasteiger partial charge in [0.05, 0.1) is 16.8 Å². The molecule has 8 heteroatoms. The van der Waals surface area contributed by atoms with E-state index in [9.17, 15) is 13.7 Å². The molecule has 6 nitrogen and oxygen atoms in total. The van der Waals surface area contributed by atoms with Crippen molar-refractivity contribution in [3.63, 3.8) is 0 Å². The number of aryl methyl sites for hydroxylation is 1. The number of sulfonamides is 1. The van der Waals surface area contributed by atoms with E-state index in [1.54, 1.807) is 11.2 Å². The minimum absolute atomic E-state index is 0.148. The first-order valence-corrected chi connectivity index (χ1v) is 19.2. The normalized spacial score (nSPS) is 15.6. The average molecular weight is 551 g/mol. The second kappa shape index (κ2) is 11.6. The fourth-order valence-corrected chi connectivity index (χ4v) is 8.04. The van der Waals surface area contributed by atoms with Gasteiger partial charge < -0.3 is 9.47 Å². The SMILES string of the molecule is CCS(=O)(=O)N1CCC(c2cn(CCCC[Si](C)(C)C)c3c(C#N)cc(N(C)c4ccccc4)cc23)CC1. The number of aromatic nitrogens is 1. The summed E-state index contributed by atoms with van der Waals surface area (Å²) in [5, 5.41) is 11.4. The van der Waals surface area contributed by atoms with Crippen LogP contribution in [-0.2, 0) is 16.6 Å². The Balaban J connectivity index is 1.72. The third kappa shape index (κ3) is 6.33. The summed E-state index contributed by atoms with van der Waals surface area (Å²) in [6, 6.07) is 18.2. The molecule has 1 aliphatic heterocycles. The van der Waals surface area contributed by atoms with Crippen LogP contribution in [0.5, 0.6) is 0 Å². The van der Waals surface area contributed by atoms with Crippen molar-refractivity contribution in [1.29, 1.82) is 5.26 Å². The molecule has 38 heavy (non-hydrogen) atoms. The highest BCUT2D eigenvalue weighted by molar-refractivity contribution is 7.89. The topological polar surface area (TPSA) is 69.3 Å². The van der Waals surface area contributed by atoms with Crippen LogP contribution in [0, 0.1) is 11.3 Å². The first-order valence-electron chi connectivity index (χ1n) is 13.9. The van der Waals surface area contributed by atoms with Gasteiger partial charge in [-0.3, -0.25) is 0 Å². The van der Waals surface area contributed by atoms with Crippen LogP contribution in [0.15, 0.2) is 48.7 Å². The van der Waals surface area contributed by atoms with Crippen molar-refractivity contribution in [2.45, 2.75) is 70.8 Å². The quantitative estimate of drug-likeness (QED) is 0.203. The van der Waals surface area contributed by atoms with Crippen LogP contribution in [0.2, 0.25) is 25.7 Å². The number of rotatable bonds is 10. The molecule has 204 valence electrons. The van der Waals surface area contributed by atoms with Gasteiger partial charge in [0.2, 0.25) is 10.0 Å². The van der Waals surface area contributed by atoms with E-state index in [-0.39, 0.29) is 11.7 Å². The summed E-state index contributed by atoms with van der Waals surface area (Å²) in [7, 11) is -2.22. The molecule has 0 bridgehead atoms. The number of hydrogen-bond donors (Lipinski definition) is 0. The number of anilines is 2. The zero-order valence-electron chi connectivity index (χ0n) is 23.6. The van der Waals surface area contributed by atoms with Crippen molar-refractivity contribution in [3.8, 4) is 6.07 Å². The summed E-state index contributed by atoms with van der Waals surface area (Å²) in [4.78, 5) is 2.13. The van der Waals surface area contributed by atoms with E-state index in [2.05, 4.69) is 59.6 Å². The highest BCUT2D eigenvalue weighted by Gasteiger charge is 2.30. The molecule has 0 radical (unpaired) electrons. The first kappa shape index (κ1) is 28.4. The number of unbranched alkanes of at least 4 members (excludes halogenated alkanes) is 1. The Labute approximate surface area is 229 Å². The molecule has 0 unspecified atom stereocenters. The van der Waals surface area contributed by atoms with Crippen molar-refractivity contribution in [2.24, 2.45) is 0 Å². The van der Waals surface area contributed by atoms with E-state index >= 15 is 0 Å². The fraction of sp³-hybridized carbons (Fsp3) is 0.500. The zero-order valence-corrected chi connectivity index (χ0v) is 25.4. The zero-order chi connectivity index (χ0) is 27.5. The van der Waals surface area contributed by atoms with E-state index in [4.69, 9.17) is 0 Å². The van der Waals surface area contributed by atoms with Gasteiger partial charge in [-0.25, -0.2) is 12.7 Å². The van der Waals surface area contributed by atoms with Crippen LogP contribution in [0.3, 0.4) is 0 Å². The Kier molecular flexibility index (Phi) is 8.71. The number of hydrogen-bond acceptors (Lipinski definition) is 4. The third-order valence-corrected chi connectivity index (χ3v) is 11.6. The number of benzene rings is 2. The van der Waals surface area contributed by atoms with E-state index in [0.29, 0.717) is 18.7 Å². The number of fused-ring (bicyclic) bond motifs is 1. The molecule has 0 aliphatic carbocycles. The van der Waals surface area contributed by atoms with Gasteiger partial charge in [-0.05, 0) is 61.9 Å². The van der Waals surface area contributed by atoms with Gasteiger partial charge in [-0.1, -0.05) is 50.3 Å². The van der Waals surface area contributed by atoms with Gasteiger partial charge in [0.1, 0.15) is 6.07 Å². The second-order valence-electron chi connectivity index (χ2n) is 11.8. The maximum absolute atomic E-state index is 12.5. The van der Waals surface area contributed by atoms with Gasteiger partial charge in [-0.15, -0.1) is 0 Å². The monoisotopic (exact) mass is 550 g/mol. The van der Waals surface area contributed by atoms with Crippen molar-refractivity contribution in [1.82, 2.24) is 8.87 Å². The maximum atomic E-state index is 12.5. The largest absolute Gasteiger partial charge is 0.346 e. The molecule has 0 spiro atoms. The predicted molar refractivity (Wildman–Crippen MR) is 162 cm³/mol. The lowest BCUT2D eigenvalue weighted by atomic mass is 9.89. The molecule has 1 saturated heterocycles. The van der Waals surface area contributed by atoms with Crippen LogP contribution in [-0.4, -0.2) is 51.3 Å². The molecule has 0 amide bonds. The smallest absolute Gasteiger partial charge is 0.213 e. The molecule has 1 fully saturated rings. The number of piperidine rings is 1. The maximum Gasteiger partial charge on any atom is 0.213 e. The van der Waals surface area contributed by atoms with Gasteiger partial charge in [0.25, 0.3) is 0 Å². The van der Waals surface area contributed by atoms with Crippen molar-refractivity contribution >= 4 is 40.4 Å². The van der Waals surface area contributed by atoms with Crippen LogP contribution >= 0.6 is 0 Å². The summed E-state index contributed by atoms with van der Waals surface area (Å²) in [5.41, 5.74) is 5.02. The molecule has 0 atom stereocenters. The fourth-order valence-electron chi connectivity index (χ4n) is 5.60. The minimum atomic E-state index is -3.17. The van der Waals surface area contributed by atoms with Crippen molar-refractivity contribution in [3.05, 3.63) is 59.8 Å². The van der Waals surface area contributed by atoms with E-state index in [1.165, 1.54) is 18.0 Å². The van der Waals surface area contributed by atoms with Crippen LogP contribution in [0.25, 0.3) is 10.9 Å². The minimum Gasteiger partial charge on any atom is -0.346 e. The average Bonchev–Trinajstić information content (AvgIpc) is 3.28. The lowest BCUT2D eigenvalue weighted by Gasteiger charge is -2.31. The standard InChI is InChI=1S/C30H42N4O2SSi/c1-6-37(35,36)34-17-14-24(15-18-34)29-23-33(16-10-11-19-38(3,4)5)30-25(22-31)20-27(21-28(29)30)32(2)26-12-8-7-9-13-26/h7-9,12-13,20-21,23-24H,6,10-11,14-19H2,1-5H3. The Morgan fingerprint density at radius 2 is 1.74 bits per heavy atom. The molecule has 4 rings (SSSR count). The number of nitriles is 1. The Morgan fingerprint density at radius 3 is 2.34 bits per heavy atom. The van der Waals surface area contributed by atoms with Crippen LogP contribution in [0.4, 0.5) is 11.4 Å². The number of nitrogens with zero attached hydrogens (tertiary/aromatic N) is 4. The molecule has 2 heterocycles. The summed E-state index contributed by atoms with van der Waals surface area (Å²) in [6.45, 7) is 11.0. The molecule has 0 saturated carbocycles. The van der Waals surface area contributed by atoms with Gasteiger partial charge in [0, 0.05) is 57.7 Å². The summed E-state index contributed by atoms with van der Waals surface area (Å²) in [5.74, 6) is 0.419. The molecule has 1 aliphatic rings. The number of para-hydroxylation sites is 1. The van der Waals surface area contributed by atoms with E-state index in [1.807, 2.05) is 31.3 Å². The van der Waals surface area contributed by atoms with Crippen molar-refractivity contribution in [2.75, 3.05) is 30.8 Å². The van der Waals surface area contributed by atoms with Crippen LogP contribution < -0.4 is 4.90 Å². The Morgan fingerprint density at radius 1 is 1.05 bits per heavy atom. The Hall–Kier alpha value is -2.60. The second-order valence-corrected chi connectivity index (χ2v) is 19.6. The lowest BCUT2D eigenvalue weighted by Crippen LogP contribution is -2.38.